The highest BCUT2D eigenvalue weighted by atomic mass is 32.1. The van der Waals surface area contributed by atoms with Crippen molar-refractivity contribution in [3.8, 4) is 5.75 Å². The lowest BCUT2D eigenvalue weighted by molar-refractivity contribution is 0.415. The van der Waals surface area contributed by atoms with Crippen LogP contribution in [0.15, 0.2) is 35.7 Å². The molecule has 2 aromatic rings. The number of ether oxygens (including phenoxy) is 1. The Morgan fingerprint density at radius 3 is 2.60 bits per heavy atom. The van der Waals surface area contributed by atoms with Gasteiger partial charge in [-0.25, -0.2) is 0 Å². The minimum atomic E-state index is 0.367. The lowest BCUT2D eigenvalue weighted by Gasteiger charge is -2.17. The third kappa shape index (κ3) is 4.09. The quantitative estimate of drug-likeness (QED) is 0.818. The first kappa shape index (κ1) is 15.1. The van der Waals surface area contributed by atoms with Gasteiger partial charge in [0, 0.05) is 16.3 Å². The number of hydrogen-bond donors (Lipinski definition) is 1. The van der Waals surface area contributed by atoms with Crippen molar-refractivity contribution >= 4 is 11.3 Å². The summed E-state index contributed by atoms with van der Waals surface area (Å²) in [7, 11) is 1.72. The second-order valence-corrected chi connectivity index (χ2v) is 6.03. The van der Waals surface area contributed by atoms with E-state index in [0.29, 0.717) is 6.04 Å². The van der Waals surface area contributed by atoms with Crippen LogP contribution in [0.1, 0.15) is 35.4 Å². The van der Waals surface area contributed by atoms with Gasteiger partial charge >= 0.3 is 0 Å². The molecule has 0 saturated heterocycles. The van der Waals surface area contributed by atoms with Gasteiger partial charge in [-0.15, -0.1) is 11.3 Å². The Hall–Kier alpha value is -1.32. The Bertz CT molecular complexity index is 518. The summed E-state index contributed by atoms with van der Waals surface area (Å²) in [5.74, 6) is 0.956. The molecule has 1 heterocycles. The molecule has 1 atom stereocenters. The Kier molecular flexibility index (Phi) is 5.62. The van der Waals surface area contributed by atoms with Crippen molar-refractivity contribution in [2.45, 2.75) is 32.7 Å². The van der Waals surface area contributed by atoms with Gasteiger partial charge in [-0.3, -0.25) is 0 Å². The molecule has 0 fully saturated rings. The van der Waals surface area contributed by atoms with E-state index >= 15 is 0 Å². The molecule has 0 bridgehead atoms. The predicted molar refractivity (Wildman–Crippen MR) is 86.8 cm³/mol. The maximum atomic E-state index is 5.30. The van der Waals surface area contributed by atoms with Gasteiger partial charge < -0.3 is 10.1 Å². The van der Waals surface area contributed by atoms with Gasteiger partial charge in [0.05, 0.1) is 7.11 Å². The second-order valence-electron chi connectivity index (χ2n) is 5.09. The zero-order chi connectivity index (χ0) is 14.4. The summed E-state index contributed by atoms with van der Waals surface area (Å²) in [6.07, 6.45) is 2.16. The molecule has 0 spiro atoms. The van der Waals surface area contributed by atoms with Crippen LogP contribution in [-0.4, -0.2) is 13.7 Å². The van der Waals surface area contributed by atoms with Crippen molar-refractivity contribution in [1.29, 1.82) is 0 Å². The molecule has 0 amide bonds. The zero-order valence-corrected chi connectivity index (χ0v) is 13.3. The molecule has 0 aliphatic heterocycles. The van der Waals surface area contributed by atoms with E-state index in [0.717, 1.165) is 25.1 Å². The van der Waals surface area contributed by atoms with Crippen molar-refractivity contribution in [2.24, 2.45) is 0 Å². The van der Waals surface area contributed by atoms with Crippen LogP contribution in [0, 0.1) is 6.92 Å². The number of hydrogen-bond acceptors (Lipinski definition) is 3. The summed E-state index contributed by atoms with van der Waals surface area (Å²) >= 11 is 1.77. The van der Waals surface area contributed by atoms with Crippen LogP contribution in [-0.2, 0) is 6.42 Å². The van der Waals surface area contributed by atoms with Gasteiger partial charge in [0.1, 0.15) is 5.75 Å². The van der Waals surface area contributed by atoms with Gasteiger partial charge in [0.2, 0.25) is 0 Å². The van der Waals surface area contributed by atoms with Crippen LogP contribution in [0.25, 0.3) is 0 Å². The molecule has 0 radical (unpaired) electrons. The minimum absolute atomic E-state index is 0.367. The first-order valence-electron chi connectivity index (χ1n) is 7.14. The van der Waals surface area contributed by atoms with Gasteiger partial charge in [-0.2, -0.15) is 0 Å². The maximum Gasteiger partial charge on any atom is 0.129 e. The third-order valence-corrected chi connectivity index (χ3v) is 4.40. The lowest BCUT2D eigenvalue weighted by Crippen LogP contribution is -2.23. The van der Waals surface area contributed by atoms with Crippen molar-refractivity contribution in [2.75, 3.05) is 13.7 Å². The van der Waals surface area contributed by atoms with E-state index in [9.17, 15) is 0 Å². The van der Waals surface area contributed by atoms with Crippen molar-refractivity contribution in [3.63, 3.8) is 0 Å². The average Bonchev–Trinajstić information content (AvgIpc) is 2.94. The van der Waals surface area contributed by atoms with Crippen molar-refractivity contribution < 1.29 is 4.74 Å². The number of rotatable bonds is 7. The van der Waals surface area contributed by atoms with Gasteiger partial charge in [0.15, 0.2) is 0 Å². The van der Waals surface area contributed by atoms with E-state index in [1.165, 1.54) is 16.0 Å². The van der Waals surface area contributed by atoms with Crippen LogP contribution in [0.4, 0.5) is 0 Å². The Labute approximate surface area is 125 Å². The number of methoxy groups -OCH3 is 1. The molecule has 0 aliphatic rings. The first-order valence-corrected chi connectivity index (χ1v) is 8.02. The molecule has 2 nitrogen and oxygen atoms in total. The van der Waals surface area contributed by atoms with E-state index in [4.69, 9.17) is 4.74 Å². The zero-order valence-electron chi connectivity index (χ0n) is 12.5. The number of thiophene rings is 1. The van der Waals surface area contributed by atoms with Crippen LogP contribution >= 0.6 is 11.3 Å². The van der Waals surface area contributed by atoms with Crippen LogP contribution in [0.5, 0.6) is 5.75 Å². The van der Waals surface area contributed by atoms with E-state index < -0.39 is 0 Å². The fraction of sp³-hybridized carbons (Fsp3) is 0.412. The van der Waals surface area contributed by atoms with E-state index in [-0.39, 0.29) is 0 Å². The highest BCUT2D eigenvalue weighted by Crippen LogP contribution is 2.29. The highest BCUT2D eigenvalue weighted by Gasteiger charge is 2.14. The predicted octanol–water partition coefficient (Wildman–Crippen LogP) is 4.35. The summed E-state index contributed by atoms with van der Waals surface area (Å²) in [5, 5.41) is 5.72. The molecule has 3 heteroatoms. The number of aryl methyl sites for hydroxylation is 1. The monoisotopic (exact) mass is 289 g/mol. The van der Waals surface area contributed by atoms with Gasteiger partial charge in [-0.05, 0) is 37.9 Å². The lowest BCUT2D eigenvalue weighted by atomic mass is 10.0. The smallest absolute Gasteiger partial charge is 0.129 e. The van der Waals surface area contributed by atoms with E-state index in [1.807, 2.05) is 0 Å². The normalized spacial score (nSPS) is 12.3. The summed E-state index contributed by atoms with van der Waals surface area (Å²) < 4.78 is 5.30. The SMILES string of the molecule is CCCNC(Cc1ccc(C)cc1)c1cc(OC)cs1. The van der Waals surface area contributed by atoms with Crippen LogP contribution in [0.2, 0.25) is 0 Å². The molecular formula is C17H23NOS. The number of nitrogens with one attached hydrogen (secondary N) is 1. The molecule has 20 heavy (non-hydrogen) atoms. The summed E-state index contributed by atoms with van der Waals surface area (Å²) in [5.41, 5.74) is 2.68. The molecule has 0 aliphatic carbocycles. The second kappa shape index (κ2) is 7.46. The van der Waals surface area contributed by atoms with Gasteiger partial charge in [-0.1, -0.05) is 36.8 Å². The Balaban J connectivity index is 2.12. The molecule has 1 unspecified atom stereocenters. The maximum absolute atomic E-state index is 5.30. The number of benzene rings is 1. The molecule has 2 rings (SSSR count). The molecule has 0 saturated carbocycles. The minimum Gasteiger partial charge on any atom is -0.496 e. The summed E-state index contributed by atoms with van der Waals surface area (Å²) in [6, 6.07) is 11.3. The van der Waals surface area contributed by atoms with Crippen molar-refractivity contribution in [1.82, 2.24) is 5.32 Å². The largest absolute Gasteiger partial charge is 0.496 e. The third-order valence-electron chi connectivity index (χ3n) is 3.38. The first-order chi connectivity index (χ1) is 9.72. The van der Waals surface area contributed by atoms with Crippen molar-refractivity contribution in [3.05, 3.63) is 51.7 Å². The van der Waals surface area contributed by atoms with Gasteiger partial charge in [0.25, 0.3) is 0 Å². The molecule has 1 aromatic carbocycles. The fourth-order valence-electron chi connectivity index (χ4n) is 2.18. The average molecular weight is 289 g/mol. The Morgan fingerprint density at radius 1 is 1.25 bits per heavy atom. The highest BCUT2D eigenvalue weighted by molar-refractivity contribution is 7.10. The molecular weight excluding hydrogens is 266 g/mol. The summed E-state index contributed by atoms with van der Waals surface area (Å²) in [4.78, 5) is 1.34. The standard InChI is InChI=1S/C17H23NOS/c1-4-9-18-16(17-11-15(19-3)12-20-17)10-14-7-5-13(2)6-8-14/h5-8,11-12,16,18H,4,9-10H2,1-3H3. The molecule has 1 N–H and O–H groups in total. The van der Waals surface area contributed by atoms with Crippen LogP contribution in [0.3, 0.4) is 0 Å². The molecule has 1 aromatic heterocycles. The van der Waals surface area contributed by atoms with Crippen LogP contribution < -0.4 is 10.1 Å². The fourth-order valence-corrected chi connectivity index (χ4v) is 3.11. The Morgan fingerprint density at radius 2 is 2.00 bits per heavy atom. The topological polar surface area (TPSA) is 21.3 Å². The van der Waals surface area contributed by atoms with E-state index in [1.54, 1.807) is 18.4 Å². The summed E-state index contributed by atoms with van der Waals surface area (Å²) in [6.45, 7) is 5.36. The van der Waals surface area contributed by atoms with E-state index in [2.05, 4.69) is 54.9 Å². The molecule has 108 valence electrons.